The maximum atomic E-state index is 4.82. The quantitative estimate of drug-likeness (QED) is 0.851. The number of nitrogens with zero attached hydrogens (tertiary/aromatic N) is 3. The Morgan fingerprint density at radius 3 is 2.55 bits per heavy atom. The van der Waals surface area contributed by atoms with Crippen molar-refractivity contribution < 1.29 is 0 Å². The summed E-state index contributed by atoms with van der Waals surface area (Å²) in [6, 6.07) is 2.69. The van der Waals surface area contributed by atoms with Crippen molar-refractivity contribution in [3.63, 3.8) is 0 Å². The van der Waals surface area contributed by atoms with Crippen LogP contribution in [0.1, 0.15) is 64.0 Å². The van der Waals surface area contributed by atoms with Crippen LogP contribution in [0.3, 0.4) is 0 Å². The molecule has 1 aliphatic heterocycles. The minimum absolute atomic E-state index is 0.588. The molecule has 4 nitrogen and oxygen atoms in total. The third-order valence-corrected chi connectivity index (χ3v) is 4.99. The Morgan fingerprint density at radius 1 is 1.05 bits per heavy atom. The van der Waals surface area contributed by atoms with Gasteiger partial charge in [-0.15, -0.1) is 0 Å². The summed E-state index contributed by atoms with van der Waals surface area (Å²) in [4.78, 5) is 11.9. The molecule has 1 aliphatic carbocycles. The minimum Gasteiger partial charge on any atom is -0.367 e. The summed E-state index contributed by atoms with van der Waals surface area (Å²) in [5.41, 5.74) is 1.07. The Kier molecular flexibility index (Phi) is 5.16. The standard InChI is InChI=1S/C18H30N4/c1-14-8-7-11-22(13-14)18-19-15(2)12-17(21-18)20-16-9-5-3-4-6-10-16/h12,14,16H,3-11,13H2,1-2H3,(H,19,20,21). The molecule has 1 aromatic rings. The maximum absolute atomic E-state index is 4.82. The van der Waals surface area contributed by atoms with Crippen LogP contribution < -0.4 is 10.2 Å². The lowest BCUT2D eigenvalue weighted by atomic mass is 10.0. The Labute approximate surface area is 134 Å². The normalized spacial score (nSPS) is 24.1. The van der Waals surface area contributed by atoms with E-state index in [0.717, 1.165) is 36.5 Å². The lowest BCUT2D eigenvalue weighted by Crippen LogP contribution is -2.35. The summed E-state index contributed by atoms with van der Waals surface area (Å²) < 4.78 is 0. The Morgan fingerprint density at radius 2 is 1.82 bits per heavy atom. The molecule has 1 N–H and O–H groups in total. The highest BCUT2D eigenvalue weighted by atomic mass is 15.3. The SMILES string of the molecule is Cc1cc(NC2CCCCCC2)nc(N2CCCC(C)C2)n1. The van der Waals surface area contributed by atoms with Gasteiger partial charge in [-0.05, 0) is 38.5 Å². The van der Waals surface area contributed by atoms with Crippen molar-refractivity contribution in [2.75, 3.05) is 23.3 Å². The van der Waals surface area contributed by atoms with E-state index in [1.54, 1.807) is 0 Å². The van der Waals surface area contributed by atoms with Crippen LogP contribution in [0.2, 0.25) is 0 Å². The molecule has 3 rings (SSSR count). The van der Waals surface area contributed by atoms with Crippen LogP contribution in [0.15, 0.2) is 6.07 Å². The van der Waals surface area contributed by atoms with E-state index in [0.29, 0.717) is 6.04 Å². The second kappa shape index (κ2) is 7.30. The molecule has 1 saturated carbocycles. The third kappa shape index (κ3) is 4.11. The van der Waals surface area contributed by atoms with Crippen molar-refractivity contribution in [2.24, 2.45) is 5.92 Å². The van der Waals surface area contributed by atoms with Crippen LogP contribution in [-0.4, -0.2) is 29.1 Å². The fourth-order valence-electron chi connectivity index (χ4n) is 3.77. The summed E-state index contributed by atoms with van der Waals surface area (Å²) in [5.74, 6) is 2.69. The second-order valence-electron chi connectivity index (χ2n) is 7.22. The molecule has 2 heterocycles. The number of piperidine rings is 1. The zero-order valence-corrected chi connectivity index (χ0v) is 14.1. The number of hydrogen-bond donors (Lipinski definition) is 1. The average Bonchev–Trinajstić information content (AvgIpc) is 2.75. The molecular weight excluding hydrogens is 272 g/mol. The highest BCUT2D eigenvalue weighted by Crippen LogP contribution is 2.24. The van der Waals surface area contributed by atoms with Crippen molar-refractivity contribution in [2.45, 2.75) is 71.3 Å². The van der Waals surface area contributed by atoms with Gasteiger partial charge in [-0.1, -0.05) is 32.6 Å². The van der Waals surface area contributed by atoms with Crippen molar-refractivity contribution in [1.82, 2.24) is 9.97 Å². The Bertz CT molecular complexity index is 480. The van der Waals surface area contributed by atoms with Gasteiger partial charge in [-0.25, -0.2) is 4.98 Å². The number of anilines is 2. The first-order valence-corrected chi connectivity index (χ1v) is 9.08. The molecule has 0 aromatic carbocycles. The molecule has 1 saturated heterocycles. The predicted octanol–water partition coefficient (Wildman–Crippen LogP) is 4.16. The van der Waals surface area contributed by atoms with Crippen molar-refractivity contribution in [3.8, 4) is 0 Å². The Balaban J connectivity index is 1.71. The van der Waals surface area contributed by atoms with Gasteiger partial charge in [0.25, 0.3) is 0 Å². The molecule has 1 aromatic heterocycles. The smallest absolute Gasteiger partial charge is 0.227 e. The highest BCUT2D eigenvalue weighted by molar-refractivity contribution is 5.44. The fraction of sp³-hybridized carbons (Fsp3) is 0.778. The average molecular weight is 302 g/mol. The van der Waals surface area contributed by atoms with Gasteiger partial charge in [0.15, 0.2) is 0 Å². The van der Waals surface area contributed by atoms with Gasteiger partial charge in [0.05, 0.1) is 0 Å². The lowest BCUT2D eigenvalue weighted by Gasteiger charge is -2.31. The van der Waals surface area contributed by atoms with Crippen molar-refractivity contribution >= 4 is 11.8 Å². The predicted molar refractivity (Wildman–Crippen MR) is 92.5 cm³/mol. The molecule has 22 heavy (non-hydrogen) atoms. The van der Waals surface area contributed by atoms with Gasteiger partial charge in [0, 0.05) is 30.9 Å². The third-order valence-electron chi connectivity index (χ3n) is 4.99. The number of aromatic nitrogens is 2. The second-order valence-corrected chi connectivity index (χ2v) is 7.22. The first-order chi connectivity index (χ1) is 10.7. The minimum atomic E-state index is 0.588. The zero-order chi connectivity index (χ0) is 15.4. The largest absolute Gasteiger partial charge is 0.367 e. The first kappa shape index (κ1) is 15.6. The molecule has 0 spiro atoms. The lowest BCUT2D eigenvalue weighted by molar-refractivity contribution is 0.442. The van der Waals surface area contributed by atoms with E-state index in [4.69, 9.17) is 4.98 Å². The van der Waals surface area contributed by atoms with Crippen molar-refractivity contribution in [3.05, 3.63) is 11.8 Å². The van der Waals surface area contributed by atoms with Crippen LogP contribution in [0.25, 0.3) is 0 Å². The van der Waals surface area contributed by atoms with E-state index >= 15 is 0 Å². The summed E-state index contributed by atoms with van der Waals surface area (Å²) in [6.07, 6.45) is 10.6. The van der Waals surface area contributed by atoms with E-state index < -0.39 is 0 Å². The molecule has 1 unspecified atom stereocenters. The topological polar surface area (TPSA) is 41.1 Å². The molecule has 0 bridgehead atoms. The van der Waals surface area contributed by atoms with Crippen LogP contribution in [0.5, 0.6) is 0 Å². The van der Waals surface area contributed by atoms with Gasteiger partial charge in [0.2, 0.25) is 5.95 Å². The van der Waals surface area contributed by atoms with Gasteiger partial charge in [-0.2, -0.15) is 4.98 Å². The fourth-order valence-corrected chi connectivity index (χ4v) is 3.77. The van der Waals surface area contributed by atoms with E-state index in [-0.39, 0.29) is 0 Å². The van der Waals surface area contributed by atoms with E-state index in [9.17, 15) is 0 Å². The van der Waals surface area contributed by atoms with E-state index in [1.165, 1.54) is 51.4 Å². The van der Waals surface area contributed by atoms with Gasteiger partial charge in [0.1, 0.15) is 5.82 Å². The van der Waals surface area contributed by atoms with E-state index in [1.807, 2.05) is 0 Å². The molecule has 122 valence electrons. The summed E-state index contributed by atoms with van der Waals surface area (Å²) in [5, 5.41) is 3.67. The van der Waals surface area contributed by atoms with E-state index in [2.05, 4.69) is 35.1 Å². The van der Waals surface area contributed by atoms with Gasteiger partial charge in [-0.3, -0.25) is 0 Å². The maximum Gasteiger partial charge on any atom is 0.227 e. The van der Waals surface area contributed by atoms with Crippen LogP contribution in [0, 0.1) is 12.8 Å². The molecule has 0 amide bonds. The number of nitrogens with one attached hydrogen (secondary N) is 1. The summed E-state index contributed by atoms with van der Waals surface area (Å²) >= 11 is 0. The molecule has 1 atom stereocenters. The van der Waals surface area contributed by atoms with Crippen LogP contribution in [0.4, 0.5) is 11.8 Å². The van der Waals surface area contributed by atoms with Crippen LogP contribution >= 0.6 is 0 Å². The van der Waals surface area contributed by atoms with Gasteiger partial charge >= 0.3 is 0 Å². The monoisotopic (exact) mass is 302 g/mol. The van der Waals surface area contributed by atoms with Crippen molar-refractivity contribution in [1.29, 1.82) is 0 Å². The molecule has 0 radical (unpaired) electrons. The number of aryl methyl sites for hydroxylation is 1. The Hall–Kier alpha value is -1.32. The number of hydrogen-bond acceptors (Lipinski definition) is 4. The summed E-state index contributed by atoms with van der Waals surface area (Å²) in [6.45, 7) is 6.59. The molecule has 2 fully saturated rings. The molecular formula is C18H30N4. The summed E-state index contributed by atoms with van der Waals surface area (Å²) in [7, 11) is 0. The molecule has 2 aliphatic rings. The molecule has 4 heteroatoms. The zero-order valence-electron chi connectivity index (χ0n) is 14.1. The highest BCUT2D eigenvalue weighted by Gasteiger charge is 2.20. The first-order valence-electron chi connectivity index (χ1n) is 9.08. The number of rotatable bonds is 3. The van der Waals surface area contributed by atoms with Crippen LogP contribution in [-0.2, 0) is 0 Å². The van der Waals surface area contributed by atoms with Gasteiger partial charge < -0.3 is 10.2 Å².